The van der Waals surface area contributed by atoms with Gasteiger partial charge < -0.3 is 14.4 Å². The first-order chi connectivity index (χ1) is 9.94. The Kier molecular flexibility index (Phi) is 5.23. The number of hydrogen-bond donors (Lipinski definition) is 0. The molecular weight excluding hydrogens is 266 g/mol. The predicted molar refractivity (Wildman–Crippen MR) is 82.4 cm³/mol. The average molecular weight is 291 g/mol. The minimum Gasteiger partial charge on any atom is -0.490 e. The van der Waals surface area contributed by atoms with Gasteiger partial charge in [-0.2, -0.15) is 0 Å². The van der Waals surface area contributed by atoms with Gasteiger partial charge in [-0.05, 0) is 32.9 Å². The van der Waals surface area contributed by atoms with Gasteiger partial charge in [-0.25, -0.2) is 0 Å². The van der Waals surface area contributed by atoms with Gasteiger partial charge in [-0.3, -0.25) is 4.79 Å². The van der Waals surface area contributed by atoms with E-state index in [2.05, 4.69) is 0 Å². The van der Waals surface area contributed by atoms with E-state index in [9.17, 15) is 4.79 Å². The second-order valence-electron chi connectivity index (χ2n) is 6.41. The number of nitrogens with zero attached hydrogens (tertiary/aromatic N) is 1. The fourth-order valence-electron chi connectivity index (χ4n) is 2.28. The zero-order valence-corrected chi connectivity index (χ0v) is 13.2. The van der Waals surface area contributed by atoms with E-state index in [-0.39, 0.29) is 24.2 Å². The van der Waals surface area contributed by atoms with Crippen molar-refractivity contribution in [1.82, 2.24) is 4.90 Å². The first-order valence-electron chi connectivity index (χ1n) is 7.57. The maximum atomic E-state index is 12.1. The number of benzene rings is 1. The Bertz CT molecular complexity index is 445. The van der Waals surface area contributed by atoms with Gasteiger partial charge in [0.2, 0.25) is 5.91 Å². The molecule has 0 spiro atoms. The molecule has 0 aliphatic carbocycles. The van der Waals surface area contributed by atoms with Crippen molar-refractivity contribution < 1.29 is 14.3 Å². The summed E-state index contributed by atoms with van der Waals surface area (Å²) in [6.07, 6.45) is 1.94. The summed E-state index contributed by atoms with van der Waals surface area (Å²) in [5.74, 6) is 0.974. The second-order valence-corrected chi connectivity index (χ2v) is 6.41. The van der Waals surface area contributed by atoms with E-state index < -0.39 is 0 Å². The lowest BCUT2D eigenvalue weighted by atomic mass is 10.1. The van der Waals surface area contributed by atoms with Crippen LogP contribution in [0.2, 0.25) is 0 Å². The van der Waals surface area contributed by atoms with E-state index in [1.54, 1.807) is 0 Å². The molecule has 0 saturated carbocycles. The zero-order valence-electron chi connectivity index (χ0n) is 13.2. The van der Waals surface area contributed by atoms with Crippen LogP contribution in [-0.2, 0) is 9.53 Å². The van der Waals surface area contributed by atoms with E-state index >= 15 is 0 Å². The number of piperidine rings is 1. The van der Waals surface area contributed by atoms with Crippen molar-refractivity contribution in [2.24, 2.45) is 0 Å². The zero-order chi connectivity index (χ0) is 15.3. The number of carbonyl (C=O) groups excluding carboxylic acids is 1. The largest absolute Gasteiger partial charge is 0.490 e. The fraction of sp³-hybridized carbons (Fsp3) is 0.588. The number of rotatable bonds is 4. The van der Waals surface area contributed by atoms with Crippen molar-refractivity contribution in [3.8, 4) is 5.75 Å². The predicted octanol–water partition coefficient (Wildman–Crippen LogP) is 2.87. The molecule has 1 fully saturated rings. The van der Waals surface area contributed by atoms with E-state index in [0.29, 0.717) is 0 Å². The van der Waals surface area contributed by atoms with Crippen LogP contribution in [0.25, 0.3) is 0 Å². The van der Waals surface area contributed by atoms with E-state index in [1.165, 1.54) is 0 Å². The van der Waals surface area contributed by atoms with Crippen LogP contribution in [0.5, 0.6) is 5.75 Å². The van der Waals surface area contributed by atoms with Gasteiger partial charge in [0.25, 0.3) is 0 Å². The van der Waals surface area contributed by atoms with Crippen molar-refractivity contribution in [1.29, 1.82) is 0 Å². The molecule has 1 heterocycles. The van der Waals surface area contributed by atoms with Gasteiger partial charge in [-0.1, -0.05) is 18.2 Å². The second kappa shape index (κ2) is 6.94. The van der Waals surface area contributed by atoms with Gasteiger partial charge >= 0.3 is 0 Å². The van der Waals surface area contributed by atoms with Gasteiger partial charge in [0.05, 0.1) is 5.60 Å². The summed E-state index contributed by atoms with van der Waals surface area (Å²) in [5, 5.41) is 0. The molecule has 1 aliphatic heterocycles. The van der Waals surface area contributed by atoms with Crippen LogP contribution in [0, 0.1) is 0 Å². The molecular formula is C17H25NO3. The third-order valence-electron chi connectivity index (χ3n) is 3.47. The van der Waals surface area contributed by atoms with Crippen molar-refractivity contribution in [2.75, 3.05) is 19.7 Å². The molecule has 0 radical (unpaired) electrons. The lowest BCUT2D eigenvalue weighted by Crippen LogP contribution is -2.44. The molecule has 0 atom stereocenters. The molecule has 4 nitrogen and oxygen atoms in total. The number of likely N-dealkylation sites (tertiary alicyclic amines) is 1. The molecule has 1 saturated heterocycles. The van der Waals surface area contributed by atoms with Gasteiger partial charge in [0.1, 0.15) is 18.5 Å². The molecule has 1 aliphatic rings. The topological polar surface area (TPSA) is 38.8 Å². The third kappa shape index (κ3) is 5.38. The van der Waals surface area contributed by atoms with Crippen LogP contribution in [0.15, 0.2) is 30.3 Å². The quantitative estimate of drug-likeness (QED) is 0.856. The van der Waals surface area contributed by atoms with Crippen LogP contribution >= 0.6 is 0 Å². The Morgan fingerprint density at radius 2 is 1.81 bits per heavy atom. The highest BCUT2D eigenvalue weighted by atomic mass is 16.5. The Hall–Kier alpha value is -1.55. The summed E-state index contributed by atoms with van der Waals surface area (Å²) in [6.45, 7) is 7.52. The van der Waals surface area contributed by atoms with E-state index in [0.717, 1.165) is 31.7 Å². The number of hydrogen-bond acceptors (Lipinski definition) is 3. The SMILES string of the molecule is CC(C)(C)OCC(=O)N1CCC(Oc2ccccc2)CC1. The highest BCUT2D eigenvalue weighted by molar-refractivity contribution is 5.77. The van der Waals surface area contributed by atoms with Crippen LogP contribution < -0.4 is 4.74 Å². The monoisotopic (exact) mass is 291 g/mol. The standard InChI is InChI=1S/C17H25NO3/c1-17(2,3)20-13-16(19)18-11-9-15(10-12-18)21-14-7-5-4-6-8-14/h4-8,15H,9-13H2,1-3H3. The molecule has 1 aromatic rings. The number of carbonyl (C=O) groups is 1. The van der Waals surface area contributed by atoms with Gasteiger partial charge in [0, 0.05) is 25.9 Å². The summed E-state index contributed by atoms with van der Waals surface area (Å²) in [6, 6.07) is 9.85. The lowest BCUT2D eigenvalue weighted by molar-refractivity contribution is -0.142. The van der Waals surface area contributed by atoms with Gasteiger partial charge in [-0.15, -0.1) is 0 Å². The summed E-state index contributed by atoms with van der Waals surface area (Å²) < 4.78 is 11.5. The number of amides is 1. The van der Waals surface area contributed by atoms with Crippen molar-refractivity contribution in [3.63, 3.8) is 0 Å². The van der Waals surface area contributed by atoms with Crippen LogP contribution in [0.4, 0.5) is 0 Å². The summed E-state index contributed by atoms with van der Waals surface area (Å²) >= 11 is 0. The Balaban J connectivity index is 1.74. The number of para-hydroxylation sites is 1. The molecule has 0 N–H and O–H groups in total. The summed E-state index contributed by atoms with van der Waals surface area (Å²) in [4.78, 5) is 13.9. The van der Waals surface area contributed by atoms with Crippen LogP contribution in [0.3, 0.4) is 0 Å². The smallest absolute Gasteiger partial charge is 0.248 e. The maximum absolute atomic E-state index is 12.1. The van der Waals surface area contributed by atoms with Crippen molar-refractivity contribution in [2.45, 2.75) is 45.3 Å². The molecule has 4 heteroatoms. The number of ether oxygens (including phenoxy) is 2. The van der Waals surface area contributed by atoms with Gasteiger partial charge in [0.15, 0.2) is 0 Å². The normalized spacial score (nSPS) is 16.8. The summed E-state index contributed by atoms with van der Waals surface area (Å²) in [7, 11) is 0. The Labute approximate surface area is 127 Å². The maximum Gasteiger partial charge on any atom is 0.248 e. The average Bonchev–Trinajstić information content (AvgIpc) is 2.46. The highest BCUT2D eigenvalue weighted by Gasteiger charge is 2.25. The van der Waals surface area contributed by atoms with E-state index in [4.69, 9.17) is 9.47 Å². The highest BCUT2D eigenvalue weighted by Crippen LogP contribution is 2.19. The first-order valence-corrected chi connectivity index (χ1v) is 7.57. The van der Waals surface area contributed by atoms with Crippen molar-refractivity contribution in [3.05, 3.63) is 30.3 Å². The third-order valence-corrected chi connectivity index (χ3v) is 3.47. The molecule has 116 valence electrons. The lowest BCUT2D eigenvalue weighted by Gasteiger charge is -2.33. The first kappa shape index (κ1) is 15.8. The Morgan fingerprint density at radius 3 is 2.38 bits per heavy atom. The van der Waals surface area contributed by atoms with E-state index in [1.807, 2.05) is 56.0 Å². The molecule has 0 bridgehead atoms. The molecule has 0 unspecified atom stereocenters. The Morgan fingerprint density at radius 1 is 1.19 bits per heavy atom. The van der Waals surface area contributed by atoms with Crippen molar-refractivity contribution >= 4 is 5.91 Å². The van der Waals surface area contributed by atoms with Crippen LogP contribution in [-0.4, -0.2) is 42.2 Å². The van der Waals surface area contributed by atoms with Crippen LogP contribution in [0.1, 0.15) is 33.6 Å². The fourth-order valence-corrected chi connectivity index (χ4v) is 2.28. The molecule has 1 amide bonds. The molecule has 1 aromatic carbocycles. The molecule has 2 rings (SSSR count). The minimum absolute atomic E-state index is 0.0723. The molecule has 21 heavy (non-hydrogen) atoms. The minimum atomic E-state index is -0.273. The summed E-state index contributed by atoms with van der Waals surface area (Å²) in [5.41, 5.74) is -0.273. The molecule has 0 aromatic heterocycles.